The minimum atomic E-state index is 0.167. The molecule has 1 amide bonds. The summed E-state index contributed by atoms with van der Waals surface area (Å²) in [6.45, 7) is 5.05. The molecule has 0 aromatic heterocycles. The number of rotatable bonds is 5. The number of hydrogen-bond donors (Lipinski definition) is 1. The number of nitrogens with zero attached hydrogens (tertiary/aromatic N) is 1. The van der Waals surface area contributed by atoms with Crippen LogP contribution in [0, 0.1) is 29.1 Å². The molecule has 3 heteroatoms. The van der Waals surface area contributed by atoms with Crippen LogP contribution in [-0.2, 0) is 11.2 Å². The molecule has 2 atom stereocenters. The maximum Gasteiger partial charge on any atom is 0.223 e. The van der Waals surface area contributed by atoms with Gasteiger partial charge < -0.3 is 5.32 Å². The zero-order valence-electron chi connectivity index (χ0n) is 13.6. The monoisotopic (exact) mass is 298 g/mol. The van der Waals surface area contributed by atoms with Gasteiger partial charge in [0.2, 0.25) is 5.91 Å². The van der Waals surface area contributed by atoms with Crippen LogP contribution in [0.4, 0.5) is 0 Å². The molecule has 0 spiro atoms. The topological polar surface area (TPSA) is 52.9 Å². The molecule has 1 aliphatic carbocycles. The van der Waals surface area contributed by atoms with Crippen LogP contribution in [0.3, 0.4) is 0 Å². The molecule has 22 heavy (non-hydrogen) atoms. The molecule has 0 bridgehead atoms. The maximum absolute atomic E-state index is 12.5. The Morgan fingerprint density at radius 2 is 2.05 bits per heavy atom. The third-order valence-corrected chi connectivity index (χ3v) is 4.84. The molecule has 0 radical (unpaired) electrons. The average Bonchev–Trinajstić information content (AvgIpc) is 2.55. The Balaban J connectivity index is 1.88. The molecule has 0 saturated heterocycles. The lowest BCUT2D eigenvalue weighted by Gasteiger charge is -2.33. The van der Waals surface area contributed by atoms with Gasteiger partial charge in [-0.25, -0.2) is 0 Å². The molecule has 0 aliphatic heterocycles. The van der Waals surface area contributed by atoms with Gasteiger partial charge in [0.15, 0.2) is 0 Å². The van der Waals surface area contributed by atoms with Gasteiger partial charge in [-0.3, -0.25) is 4.79 Å². The molecule has 1 saturated carbocycles. The quantitative estimate of drug-likeness (QED) is 0.901. The highest BCUT2D eigenvalue weighted by atomic mass is 16.1. The van der Waals surface area contributed by atoms with Crippen LogP contribution in [0.1, 0.15) is 50.7 Å². The Morgan fingerprint density at radius 1 is 1.32 bits per heavy atom. The van der Waals surface area contributed by atoms with Crippen molar-refractivity contribution in [1.29, 1.82) is 5.26 Å². The van der Waals surface area contributed by atoms with Crippen molar-refractivity contribution in [3.05, 3.63) is 35.4 Å². The molecule has 0 heterocycles. The molecule has 2 rings (SSSR count). The van der Waals surface area contributed by atoms with Crippen molar-refractivity contribution in [3.8, 4) is 6.07 Å². The minimum absolute atomic E-state index is 0.167. The number of nitrogens with one attached hydrogen (secondary N) is 1. The predicted octanol–water partition coefficient (Wildman–Crippen LogP) is 3.68. The van der Waals surface area contributed by atoms with Crippen molar-refractivity contribution in [2.24, 2.45) is 17.8 Å². The van der Waals surface area contributed by atoms with Crippen LogP contribution in [0.25, 0.3) is 0 Å². The van der Waals surface area contributed by atoms with Crippen LogP contribution in [0.5, 0.6) is 0 Å². The molecule has 1 fully saturated rings. The SMILES string of the molecule is CC(C)[C@@H]1CCCC[C@H]1C(=O)NCCc1ccccc1C#N. The second-order valence-corrected chi connectivity index (χ2v) is 6.61. The van der Waals surface area contributed by atoms with Crippen molar-refractivity contribution < 1.29 is 4.79 Å². The molecule has 3 nitrogen and oxygen atoms in total. The Bertz CT molecular complexity index is 545. The predicted molar refractivity (Wildman–Crippen MR) is 88.2 cm³/mol. The second kappa shape index (κ2) is 7.98. The summed E-state index contributed by atoms with van der Waals surface area (Å²) in [7, 11) is 0. The van der Waals surface area contributed by atoms with E-state index in [2.05, 4.69) is 25.2 Å². The van der Waals surface area contributed by atoms with E-state index >= 15 is 0 Å². The van der Waals surface area contributed by atoms with E-state index in [4.69, 9.17) is 5.26 Å². The van der Waals surface area contributed by atoms with Crippen molar-refractivity contribution in [2.45, 2.75) is 46.0 Å². The van der Waals surface area contributed by atoms with Gasteiger partial charge in [-0.15, -0.1) is 0 Å². The second-order valence-electron chi connectivity index (χ2n) is 6.61. The normalized spacial score (nSPS) is 21.4. The fraction of sp³-hybridized carbons (Fsp3) is 0.579. The summed E-state index contributed by atoms with van der Waals surface area (Å²) in [6.07, 6.45) is 5.33. The average molecular weight is 298 g/mol. The van der Waals surface area contributed by atoms with E-state index in [1.165, 1.54) is 19.3 Å². The maximum atomic E-state index is 12.5. The Kier molecular flexibility index (Phi) is 6.00. The number of carbonyl (C=O) groups is 1. The third-order valence-electron chi connectivity index (χ3n) is 4.84. The van der Waals surface area contributed by atoms with E-state index in [1.807, 2.05) is 24.3 Å². The molecular weight excluding hydrogens is 272 g/mol. The van der Waals surface area contributed by atoms with E-state index in [-0.39, 0.29) is 11.8 Å². The van der Waals surface area contributed by atoms with Gasteiger partial charge in [0.1, 0.15) is 0 Å². The lowest BCUT2D eigenvalue weighted by atomic mass is 9.73. The fourth-order valence-electron chi connectivity index (χ4n) is 3.58. The summed E-state index contributed by atoms with van der Waals surface area (Å²) < 4.78 is 0. The van der Waals surface area contributed by atoms with Gasteiger partial charge in [0.25, 0.3) is 0 Å². The van der Waals surface area contributed by atoms with E-state index in [1.54, 1.807) is 0 Å². The zero-order valence-corrected chi connectivity index (χ0v) is 13.6. The van der Waals surface area contributed by atoms with Gasteiger partial charge in [-0.1, -0.05) is 44.9 Å². The van der Waals surface area contributed by atoms with Crippen molar-refractivity contribution in [1.82, 2.24) is 5.32 Å². The molecule has 0 unspecified atom stereocenters. The first-order valence-electron chi connectivity index (χ1n) is 8.39. The minimum Gasteiger partial charge on any atom is -0.356 e. The van der Waals surface area contributed by atoms with Crippen molar-refractivity contribution in [2.75, 3.05) is 6.54 Å². The lowest BCUT2D eigenvalue weighted by molar-refractivity contribution is -0.128. The molecular formula is C19H26N2O. The van der Waals surface area contributed by atoms with Crippen molar-refractivity contribution >= 4 is 5.91 Å². The number of nitriles is 1. The molecule has 1 aliphatic rings. The van der Waals surface area contributed by atoms with Gasteiger partial charge in [-0.05, 0) is 42.7 Å². The summed E-state index contributed by atoms with van der Waals surface area (Å²) in [4.78, 5) is 12.5. The van der Waals surface area contributed by atoms with Gasteiger partial charge in [0.05, 0.1) is 11.6 Å². The number of amides is 1. The van der Waals surface area contributed by atoms with Crippen LogP contribution in [-0.4, -0.2) is 12.5 Å². The highest BCUT2D eigenvalue weighted by Gasteiger charge is 2.32. The Hall–Kier alpha value is -1.82. The first-order valence-corrected chi connectivity index (χ1v) is 8.39. The number of carbonyl (C=O) groups excluding carboxylic acids is 1. The Morgan fingerprint density at radius 3 is 2.77 bits per heavy atom. The van der Waals surface area contributed by atoms with E-state index in [9.17, 15) is 4.79 Å². The highest BCUT2D eigenvalue weighted by Crippen LogP contribution is 2.35. The lowest BCUT2D eigenvalue weighted by Crippen LogP contribution is -2.39. The first kappa shape index (κ1) is 16.5. The Labute approximate surface area is 133 Å². The fourth-order valence-corrected chi connectivity index (χ4v) is 3.58. The smallest absolute Gasteiger partial charge is 0.223 e. The standard InChI is InChI=1S/C19H26N2O/c1-14(2)17-9-5-6-10-18(17)19(22)21-12-11-15-7-3-4-8-16(15)13-20/h3-4,7-8,14,17-18H,5-6,9-12H2,1-2H3,(H,21,22)/t17-,18+/m0/s1. The zero-order chi connectivity index (χ0) is 15.9. The molecule has 1 aromatic carbocycles. The van der Waals surface area contributed by atoms with Crippen LogP contribution in [0.2, 0.25) is 0 Å². The van der Waals surface area contributed by atoms with Crippen LogP contribution < -0.4 is 5.32 Å². The van der Waals surface area contributed by atoms with Crippen molar-refractivity contribution in [3.63, 3.8) is 0 Å². The van der Waals surface area contributed by atoms with Crippen LogP contribution in [0.15, 0.2) is 24.3 Å². The van der Waals surface area contributed by atoms with E-state index in [0.29, 0.717) is 30.4 Å². The molecule has 1 N–H and O–H groups in total. The number of benzene rings is 1. The summed E-state index contributed by atoms with van der Waals surface area (Å²) in [6, 6.07) is 9.80. The molecule has 118 valence electrons. The molecule has 1 aromatic rings. The number of hydrogen-bond acceptors (Lipinski definition) is 2. The summed E-state index contributed by atoms with van der Waals surface area (Å²) in [5.74, 6) is 1.45. The first-order chi connectivity index (χ1) is 10.6. The van der Waals surface area contributed by atoms with E-state index in [0.717, 1.165) is 12.0 Å². The summed E-state index contributed by atoms with van der Waals surface area (Å²) >= 11 is 0. The van der Waals surface area contributed by atoms with E-state index < -0.39 is 0 Å². The van der Waals surface area contributed by atoms with Gasteiger partial charge in [-0.2, -0.15) is 5.26 Å². The van der Waals surface area contributed by atoms with Gasteiger partial charge >= 0.3 is 0 Å². The summed E-state index contributed by atoms with van der Waals surface area (Å²) in [5, 5.41) is 12.2. The summed E-state index contributed by atoms with van der Waals surface area (Å²) in [5.41, 5.74) is 1.71. The van der Waals surface area contributed by atoms with Gasteiger partial charge in [0, 0.05) is 12.5 Å². The highest BCUT2D eigenvalue weighted by molar-refractivity contribution is 5.79. The largest absolute Gasteiger partial charge is 0.356 e. The van der Waals surface area contributed by atoms with Crippen LogP contribution >= 0.6 is 0 Å². The third kappa shape index (κ3) is 4.10.